The second-order valence-corrected chi connectivity index (χ2v) is 4.65. The van der Waals surface area contributed by atoms with Crippen molar-refractivity contribution in [2.75, 3.05) is 23.3 Å². The minimum atomic E-state index is 0.726. The molecule has 3 heterocycles. The molecule has 1 aliphatic heterocycles. The van der Waals surface area contributed by atoms with Crippen molar-refractivity contribution < 1.29 is 0 Å². The molecule has 2 aromatic heterocycles. The molecule has 19 heavy (non-hydrogen) atoms. The Kier molecular flexibility index (Phi) is 3.54. The summed E-state index contributed by atoms with van der Waals surface area (Å²) < 4.78 is 0. The molecule has 0 radical (unpaired) electrons. The normalized spacial score (nSPS) is 14.6. The first-order valence-corrected chi connectivity index (χ1v) is 6.62. The van der Waals surface area contributed by atoms with E-state index in [4.69, 9.17) is 0 Å². The molecule has 98 valence electrons. The van der Waals surface area contributed by atoms with Crippen molar-refractivity contribution in [2.24, 2.45) is 0 Å². The lowest BCUT2D eigenvalue weighted by atomic mass is 10.3. The monoisotopic (exact) mass is 255 g/mol. The fourth-order valence-corrected chi connectivity index (χ4v) is 2.21. The van der Waals surface area contributed by atoms with Crippen LogP contribution in [0.25, 0.3) is 0 Å². The lowest BCUT2D eigenvalue weighted by Gasteiger charge is -2.15. The van der Waals surface area contributed by atoms with Crippen LogP contribution in [0.2, 0.25) is 0 Å². The van der Waals surface area contributed by atoms with Crippen LogP contribution in [0.15, 0.2) is 36.8 Å². The van der Waals surface area contributed by atoms with E-state index in [1.54, 1.807) is 6.20 Å². The Hall–Kier alpha value is -2.17. The molecule has 0 bridgehead atoms. The van der Waals surface area contributed by atoms with Gasteiger partial charge in [0, 0.05) is 38.2 Å². The molecule has 0 aliphatic carbocycles. The second-order valence-electron chi connectivity index (χ2n) is 4.65. The van der Waals surface area contributed by atoms with Gasteiger partial charge in [-0.05, 0) is 30.5 Å². The van der Waals surface area contributed by atoms with Crippen LogP contribution in [-0.4, -0.2) is 28.0 Å². The van der Waals surface area contributed by atoms with Crippen molar-refractivity contribution in [3.05, 3.63) is 42.4 Å². The van der Waals surface area contributed by atoms with E-state index in [1.165, 1.54) is 12.8 Å². The van der Waals surface area contributed by atoms with Crippen molar-refractivity contribution in [2.45, 2.75) is 19.4 Å². The zero-order chi connectivity index (χ0) is 12.9. The van der Waals surface area contributed by atoms with Crippen LogP contribution in [-0.2, 0) is 6.54 Å². The fourth-order valence-electron chi connectivity index (χ4n) is 2.21. The third kappa shape index (κ3) is 2.99. The molecule has 0 atom stereocenters. The molecule has 0 aromatic carbocycles. The maximum absolute atomic E-state index is 4.55. The Bertz CT molecular complexity index is 522. The molecule has 5 nitrogen and oxygen atoms in total. The minimum Gasteiger partial charge on any atom is -0.366 e. The highest BCUT2D eigenvalue weighted by molar-refractivity contribution is 5.42. The summed E-state index contributed by atoms with van der Waals surface area (Å²) in [5.74, 6) is 1.69. The van der Waals surface area contributed by atoms with E-state index in [-0.39, 0.29) is 0 Å². The molecule has 0 amide bonds. The van der Waals surface area contributed by atoms with Crippen LogP contribution in [0.5, 0.6) is 0 Å². The van der Waals surface area contributed by atoms with Gasteiger partial charge in [0.25, 0.3) is 0 Å². The van der Waals surface area contributed by atoms with Gasteiger partial charge in [0.2, 0.25) is 5.95 Å². The van der Waals surface area contributed by atoms with E-state index in [2.05, 4.69) is 25.2 Å². The van der Waals surface area contributed by atoms with Gasteiger partial charge in [-0.25, -0.2) is 4.98 Å². The molecule has 1 saturated heterocycles. The highest BCUT2D eigenvalue weighted by Gasteiger charge is 2.14. The van der Waals surface area contributed by atoms with Crippen LogP contribution in [0.3, 0.4) is 0 Å². The van der Waals surface area contributed by atoms with Gasteiger partial charge in [0.15, 0.2) is 0 Å². The molecule has 3 rings (SSSR count). The Morgan fingerprint density at radius 3 is 2.84 bits per heavy atom. The van der Waals surface area contributed by atoms with Crippen LogP contribution in [0.4, 0.5) is 11.8 Å². The van der Waals surface area contributed by atoms with E-state index in [1.807, 2.05) is 30.6 Å². The van der Waals surface area contributed by atoms with Gasteiger partial charge in [-0.15, -0.1) is 0 Å². The highest BCUT2D eigenvalue weighted by atomic mass is 15.3. The summed E-state index contributed by atoms with van der Waals surface area (Å²) in [5.41, 5.74) is 1.14. The first-order valence-electron chi connectivity index (χ1n) is 6.62. The first-order chi connectivity index (χ1) is 9.42. The molecule has 0 spiro atoms. The third-order valence-electron chi connectivity index (χ3n) is 3.23. The quantitative estimate of drug-likeness (QED) is 0.906. The predicted octanol–water partition coefficient (Wildman–Crippen LogP) is 2.08. The number of nitrogens with zero attached hydrogens (tertiary/aromatic N) is 4. The second kappa shape index (κ2) is 5.65. The van der Waals surface area contributed by atoms with Crippen molar-refractivity contribution in [3.8, 4) is 0 Å². The average Bonchev–Trinajstić information content (AvgIpc) is 3.01. The number of pyridine rings is 1. The summed E-state index contributed by atoms with van der Waals surface area (Å²) in [7, 11) is 0. The van der Waals surface area contributed by atoms with E-state index in [0.29, 0.717) is 0 Å². The molecule has 1 fully saturated rings. The maximum atomic E-state index is 4.55. The smallest absolute Gasteiger partial charge is 0.227 e. The molecule has 0 unspecified atom stereocenters. The van der Waals surface area contributed by atoms with Gasteiger partial charge in [0.05, 0.1) is 0 Å². The highest BCUT2D eigenvalue weighted by Crippen LogP contribution is 2.17. The number of rotatable bonds is 4. The van der Waals surface area contributed by atoms with Gasteiger partial charge in [0.1, 0.15) is 5.82 Å². The molecule has 2 aromatic rings. The predicted molar refractivity (Wildman–Crippen MR) is 75.0 cm³/mol. The molecular weight excluding hydrogens is 238 g/mol. The van der Waals surface area contributed by atoms with Crippen LogP contribution in [0.1, 0.15) is 18.4 Å². The average molecular weight is 255 g/mol. The Labute approximate surface area is 112 Å². The van der Waals surface area contributed by atoms with Gasteiger partial charge < -0.3 is 10.2 Å². The summed E-state index contributed by atoms with van der Waals surface area (Å²) >= 11 is 0. The molecule has 1 N–H and O–H groups in total. The maximum Gasteiger partial charge on any atom is 0.227 e. The topological polar surface area (TPSA) is 53.9 Å². The minimum absolute atomic E-state index is 0.726. The zero-order valence-electron chi connectivity index (χ0n) is 10.8. The summed E-state index contributed by atoms with van der Waals surface area (Å²) in [4.78, 5) is 15.2. The number of aromatic nitrogens is 3. The first kappa shape index (κ1) is 11.9. The van der Waals surface area contributed by atoms with Crippen molar-refractivity contribution in [1.29, 1.82) is 0 Å². The summed E-state index contributed by atoms with van der Waals surface area (Å²) in [6, 6.07) is 5.88. The van der Waals surface area contributed by atoms with Crippen LogP contribution in [0, 0.1) is 0 Å². The van der Waals surface area contributed by atoms with Crippen LogP contribution >= 0.6 is 0 Å². The summed E-state index contributed by atoms with van der Waals surface area (Å²) in [6.07, 6.45) is 7.91. The summed E-state index contributed by atoms with van der Waals surface area (Å²) in [5, 5.41) is 3.31. The van der Waals surface area contributed by atoms with Crippen LogP contribution < -0.4 is 10.2 Å². The lowest BCUT2D eigenvalue weighted by molar-refractivity contribution is 0.896. The fraction of sp³-hybridized carbons (Fsp3) is 0.357. The van der Waals surface area contributed by atoms with Crippen molar-refractivity contribution >= 4 is 11.8 Å². The number of nitrogens with one attached hydrogen (secondary N) is 1. The standard InChI is InChI=1S/C14H17N5/c1-2-9-19(8-1)14-16-7-5-13(18-14)17-11-12-4-3-6-15-10-12/h3-7,10H,1-2,8-9,11H2,(H,16,17,18). The lowest BCUT2D eigenvalue weighted by Crippen LogP contribution is -2.20. The largest absolute Gasteiger partial charge is 0.366 e. The zero-order valence-corrected chi connectivity index (χ0v) is 10.8. The van der Waals surface area contributed by atoms with Gasteiger partial charge in [-0.1, -0.05) is 6.07 Å². The summed E-state index contributed by atoms with van der Waals surface area (Å²) in [6.45, 7) is 2.85. The SMILES string of the molecule is c1cncc(CNc2ccnc(N3CCCC3)n2)c1. The molecular formula is C14H17N5. The van der Waals surface area contributed by atoms with E-state index in [0.717, 1.165) is 37.0 Å². The van der Waals surface area contributed by atoms with Crippen molar-refractivity contribution in [3.63, 3.8) is 0 Å². The van der Waals surface area contributed by atoms with Gasteiger partial charge in [-0.2, -0.15) is 4.98 Å². The van der Waals surface area contributed by atoms with Gasteiger partial charge >= 0.3 is 0 Å². The van der Waals surface area contributed by atoms with E-state index < -0.39 is 0 Å². The Morgan fingerprint density at radius 2 is 2.05 bits per heavy atom. The molecule has 0 saturated carbocycles. The Morgan fingerprint density at radius 1 is 1.16 bits per heavy atom. The number of hydrogen-bond donors (Lipinski definition) is 1. The number of anilines is 2. The van der Waals surface area contributed by atoms with Gasteiger partial charge in [-0.3, -0.25) is 4.98 Å². The third-order valence-corrected chi connectivity index (χ3v) is 3.23. The molecule has 5 heteroatoms. The van der Waals surface area contributed by atoms with E-state index in [9.17, 15) is 0 Å². The Balaban J connectivity index is 1.66. The molecule has 1 aliphatic rings. The number of hydrogen-bond acceptors (Lipinski definition) is 5. The van der Waals surface area contributed by atoms with Crippen molar-refractivity contribution in [1.82, 2.24) is 15.0 Å². The van der Waals surface area contributed by atoms with E-state index >= 15 is 0 Å².